The van der Waals surface area contributed by atoms with Crippen molar-refractivity contribution in [1.29, 1.82) is 0 Å². The van der Waals surface area contributed by atoms with Gasteiger partial charge in [0.2, 0.25) is 11.8 Å². The molecule has 120 valence electrons. The molecule has 1 aliphatic heterocycles. The molecule has 1 aliphatic rings. The summed E-state index contributed by atoms with van der Waals surface area (Å²) in [5.41, 5.74) is 10.6. The number of para-hydroxylation sites is 2. The monoisotopic (exact) mass is 325 g/mol. The molecule has 2 rings (SSSR count). The molecule has 0 aliphatic carbocycles. The summed E-state index contributed by atoms with van der Waals surface area (Å²) in [7, 11) is 1.56. The summed E-state index contributed by atoms with van der Waals surface area (Å²) in [6, 6.07) is 6.17. The Kier molecular flexibility index (Phi) is 5.51. The van der Waals surface area contributed by atoms with Crippen LogP contribution < -0.4 is 20.9 Å². The first kappa shape index (κ1) is 16.4. The summed E-state index contributed by atoms with van der Waals surface area (Å²) < 4.78 is 11.0. The van der Waals surface area contributed by atoms with E-state index in [4.69, 9.17) is 20.9 Å². The van der Waals surface area contributed by atoms with Gasteiger partial charge in [-0.15, -0.1) is 11.8 Å². The van der Waals surface area contributed by atoms with Gasteiger partial charge < -0.3 is 20.9 Å². The normalized spacial score (nSPS) is 18.4. The van der Waals surface area contributed by atoms with E-state index in [2.05, 4.69) is 0 Å². The van der Waals surface area contributed by atoms with Gasteiger partial charge in [-0.25, -0.2) is 0 Å². The fourth-order valence-electron chi connectivity index (χ4n) is 2.34. The Labute approximate surface area is 132 Å². The molecular weight excluding hydrogens is 306 g/mol. The Bertz CT molecular complexity index is 541. The van der Waals surface area contributed by atoms with Crippen LogP contribution in [-0.2, 0) is 9.59 Å². The highest BCUT2D eigenvalue weighted by molar-refractivity contribution is 8.00. The van der Waals surface area contributed by atoms with Crippen LogP contribution >= 0.6 is 11.8 Å². The number of benzene rings is 1. The Morgan fingerprint density at radius 1 is 1.32 bits per heavy atom. The molecule has 0 radical (unpaired) electrons. The van der Waals surface area contributed by atoms with E-state index in [0.29, 0.717) is 24.7 Å². The SMILES string of the molecule is COc1ccccc1OCC1SCCN1C(C(N)=O)C(N)=O. The van der Waals surface area contributed by atoms with Crippen molar-refractivity contribution in [2.75, 3.05) is 26.0 Å². The molecule has 0 aromatic heterocycles. The molecule has 1 aromatic rings. The molecule has 1 unspecified atom stereocenters. The average molecular weight is 325 g/mol. The van der Waals surface area contributed by atoms with Gasteiger partial charge in [0, 0.05) is 12.3 Å². The predicted molar refractivity (Wildman–Crippen MR) is 83.6 cm³/mol. The van der Waals surface area contributed by atoms with Gasteiger partial charge in [0.15, 0.2) is 17.5 Å². The zero-order valence-electron chi connectivity index (χ0n) is 12.2. The predicted octanol–water partition coefficient (Wildman–Crippen LogP) is -0.212. The zero-order chi connectivity index (χ0) is 16.1. The molecular formula is C14H19N3O4S. The molecule has 0 saturated carbocycles. The van der Waals surface area contributed by atoms with Crippen LogP contribution in [0.15, 0.2) is 24.3 Å². The van der Waals surface area contributed by atoms with Crippen LogP contribution in [0.1, 0.15) is 0 Å². The zero-order valence-corrected chi connectivity index (χ0v) is 13.0. The number of thioether (sulfide) groups is 1. The second-order valence-corrected chi connectivity index (χ2v) is 6.02. The first-order valence-electron chi connectivity index (χ1n) is 6.76. The molecule has 1 saturated heterocycles. The summed E-state index contributed by atoms with van der Waals surface area (Å²) in [5, 5.41) is -0.171. The third-order valence-corrected chi connectivity index (χ3v) is 4.56. The lowest BCUT2D eigenvalue weighted by Gasteiger charge is -2.28. The van der Waals surface area contributed by atoms with Gasteiger partial charge in [-0.2, -0.15) is 0 Å². The minimum Gasteiger partial charge on any atom is -0.493 e. The Morgan fingerprint density at radius 2 is 1.95 bits per heavy atom. The molecule has 22 heavy (non-hydrogen) atoms. The van der Waals surface area contributed by atoms with E-state index in [0.717, 1.165) is 5.75 Å². The fraction of sp³-hybridized carbons (Fsp3) is 0.429. The van der Waals surface area contributed by atoms with Crippen molar-refractivity contribution in [1.82, 2.24) is 4.90 Å². The molecule has 0 bridgehead atoms. The van der Waals surface area contributed by atoms with Crippen molar-refractivity contribution >= 4 is 23.6 Å². The summed E-state index contributed by atoms with van der Waals surface area (Å²) in [6.07, 6.45) is 0. The van der Waals surface area contributed by atoms with Gasteiger partial charge in [0.1, 0.15) is 6.61 Å². The van der Waals surface area contributed by atoms with Crippen LogP contribution in [0.2, 0.25) is 0 Å². The number of nitrogens with zero attached hydrogens (tertiary/aromatic N) is 1. The number of primary amides is 2. The average Bonchev–Trinajstić information content (AvgIpc) is 2.92. The number of hydrogen-bond acceptors (Lipinski definition) is 6. The quantitative estimate of drug-likeness (QED) is 0.672. The van der Waals surface area contributed by atoms with Gasteiger partial charge in [-0.1, -0.05) is 12.1 Å². The number of carbonyl (C=O) groups excluding carboxylic acids is 2. The molecule has 1 atom stereocenters. The van der Waals surface area contributed by atoms with Crippen LogP contribution in [0.5, 0.6) is 11.5 Å². The van der Waals surface area contributed by atoms with Gasteiger partial charge in [0.05, 0.1) is 12.5 Å². The van der Waals surface area contributed by atoms with Crippen molar-refractivity contribution in [3.63, 3.8) is 0 Å². The lowest BCUT2D eigenvalue weighted by molar-refractivity contribution is -0.133. The highest BCUT2D eigenvalue weighted by atomic mass is 32.2. The minimum atomic E-state index is -1.11. The molecule has 4 N–H and O–H groups in total. The van der Waals surface area contributed by atoms with Gasteiger partial charge in [-0.3, -0.25) is 14.5 Å². The van der Waals surface area contributed by atoms with Crippen molar-refractivity contribution < 1.29 is 19.1 Å². The number of amides is 2. The maximum Gasteiger partial charge on any atom is 0.244 e. The van der Waals surface area contributed by atoms with E-state index in [9.17, 15) is 9.59 Å². The Balaban J connectivity index is 2.05. The van der Waals surface area contributed by atoms with Crippen LogP contribution in [0, 0.1) is 0 Å². The van der Waals surface area contributed by atoms with Gasteiger partial charge in [0.25, 0.3) is 0 Å². The molecule has 1 aromatic carbocycles. The van der Waals surface area contributed by atoms with Gasteiger partial charge in [-0.05, 0) is 12.1 Å². The standard InChI is InChI=1S/C14H19N3O4S/c1-20-9-4-2-3-5-10(9)21-8-11-17(6-7-22-11)12(13(15)18)14(16)19/h2-5,11-12H,6-8H2,1H3,(H2,15,18)(H2,16,19). The largest absolute Gasteiger partial charge is 0.493 e. The van der Waals surface area contributed by atoms with Crippen LogP contribution in [0.3, 0.4) is 0 Å². The maximum atomic E-state index is 11.5. The number of ether oxygens (including phenoxy) is 2. The lowest BCUT2D eigenvalue weighted by Crippen LogP contribution is -2.55. The number of carbonyl (C=O) groups is 2. The summed E-state index contributed by atoms with van der Waals surface area (Å²) >= 11 is 1.59. The fourth-order valence-corrected chi connectivity index (χ4v) is 3.51. The summed E-state index contributed by atoms with van der Waals surface area (Å²) in [4.78, 5) is 24.6. The third kappa shape index (κ3) is 3.63. The third-order valence-electron chi connectivity index (χ3n) is 3.35. The number of nitrogens with two attached hydrogens (primary N) is 2. The molecule has 0 spiro atoms. The highest BCUT2D eigenvalue weighted by Crippen LogP contribution is 2.30. The summed E-state index contributed by atoms with van der Waals surface area (Å²) in [5.74, 6) is 0.525. The molecule has 1 heterocycles. The van der Waals surface area contributed by atoms with E-state index < -0.39 is 17.9 Å². The number of rotatable bonds is 7. The maximum absolute atomic E-state index is 11.5. The van der Waals surface area contributed by atoms with E-state index in [-0.39, 0.29) is 5.37 Å². The highest BCUT2D eigenvalue weighted by Gasteiger charge is 2.38. The van der Waals surface area contributed by atoms with E-state index >= 15 is 0 Å². The topological polar surface area (TPSA) is 108 Å². The minimum absolute atomic E-state index is 0.171. The number of hydrogen-bond donors (Lipinski definition) is 2. The van der Waals surface area contributed by atoms with Crippen molar-refractivity contribution in [3.05, 3.63) is 24.3 Å². The van der Waals surface area contributed by atoms with E-state index in [1.54, 1.807) is 35.9 Å². The van der Waals surface area contributed by atoms with E-state index in [1.807, 2.05) is 12.1 Å². The second-order valence-electron chi connectivity index (χ2n) is 4.73. The van der Waals surface area contributed by atoms with Crippen molar-refractivity contribution in [2.45, 2.75) is 11.4 Å². The van der Waals surface area contributed by atoms with Crippen LogP contribution in [0.4, 0.5) is 0 Å². The summed E-state index contributed by atoms with van der Waals surface area (Å²) in [6.45, 7) is 0.850. The van der Waals surface area contributed by atoms with Crippen LogP contribution in [-0.4, -0.2) is 54.1 Å². The van der Waals surface area contributed by atoms with Crippen molar-refractivity contribution in [3.8, 4) is 11.5 Å². The van der Waals surface area contributed by atoms with Crippen molar-refractivity contribution in [2.24, 2.45) is 11.5 Å². The molecule has 8 heteroatoms. The smallest absolute Gasteiger partial charge is 0.244 e. The molecule has 7 nitrogen and oxygen atoms in total. The Hall–Kier alpha value is -1.93. The number of methoxy groups -OCH3 is 1. The van der Waals surface area contributed by atoms with Crippen LogP contribution in [0.25, 0.3) is 0 Å². The Morgan fingerprint density at radius 3 is 2.55 bits per heavy atom. The second kappa shape index (κ2) is 7.37. The first-order valence-corrected chi connectivity index (χ1v) is 7.81. The molecule has 1 fully saturated rings. The first-order chi connectivity index (χ1) is 10.5. The molecule has 2 amide bonds. The van der Waals surface area contributed by atoms with Gasteiger partial charge >= 0.3 is 0 Å². The lowest BCUT2D eigenvalue weighted by atomic mass is 10.2. The van der Waals surface area contributed by atoms with E-state index in [1.165, 1.54) is 0 Å².